The number of hydrogen-bond donors (Lipinski definition) is 2. The van der Waals surface area contributed by atoms with Gasteiger partial charge in [0.15, 0.2) is 0 Å². The number of aliphatic hydroxyl groups is 2. The van der Waals surface area contributed by atoms with E-state index in [9.17, 15) is 29.4 Å². The summed E-state index contributed by atoms with van der Waals surface area (Å²) < 4.78 is 35.0. The third kappa shape index (κ3) is 49.3. The van der Waals surface area contributed by atoms with Crippen molar-refractivity contribution in [3.63, 3.8) is 0 Å². The zero-order valence-corrected chi connectivity index (χ0v) is 40.9. The van der Waals surface area contributed by atoms with Gasteiger partial charge in [0.05, 0.1) is 50.8 Å². The maximum atomic E-state index is 12.2. The minimum Gasteiger partial charge on any atom is -0.465 e. The highest BCUT2D eigenvalue weighted by atomic mass is 16.6. The van der Waals surface area contributed by atoms with E-state index < -0.39 is 57.1 Å². The lowest BCUT2D eigenvalue weighted by atomic mass is 9.65. The molecule has 0 aromatic carbocycles. The highest BCUT2D eigenvalue weighted by molar-refractivity contribution is 5.81. The lowest BCUT2D eigenvalue weighted by molar-refractivity contribution is -0.213. The molecular weight excluding hydrogens is 881 g/mol. The Morgan fingerprint density at radius 2 is 0.696 bits per heavy atom. The molecule has 69 heavy (non-hydrogen) atoms. The molecule has 2 N–H and O–H groups in total. The summed E-state index contributed by atoms with van der Waals surface area (Å²) in [6.07, 6.45) is 18.6. The van der Waals surface area contributed by atoms with Crippen LogP contribution in [0.25, 0.3) is 0 Å². The fourth-order valence-corrected chi connectivity index (χ4v) is 4.47. The quantitative estimate of drug-likeness (QED) is 0.0648. The van der Waals surface area contributed by atoms with Gasteiger partial charge in [0, 0.05) is 28.1 Å². The van der Waals surface area contributed by atoms with Crippen molar-refractivity contribution in [3.05, 3.63) is 0 Å². The van der Waals surface area contributed by atoms with Crippen LogP contribution in [0.15, 0.2) is 0 Å². The zero-order chi connectivity index (χ0) is 50.2. The maximum absolute atomic E-state index is 12.2. The minimum absolute atomic E-state index is 0. The zero-order valence-electron chi connectivity index (χ0n) is 40.9. The molecule has 0 aromatic heterocycles. The van der Waals surface area contributed by atoms with Crippen LogP contribution < -0.4 is 0 Å². The van der Waals surface area contributed by atoms with Crippen molar-refractivity contribution in [2.45, 2.75) is 206 Å². The van der Waals surface area contributed by atoms with Crippen molar-refractivity contribution in [3.8, 4) is 73.1 Å². The molecule has 13 heteroatoms. The molecule has 0 fully saturated rings. The smallest absolute Gasteiger partial charge is 0.318 e. The van der Waals surface area contributed by atoms with Gasteiger partial charge in [-0.05, 0) is 134 Å². The number of carbonyl (C=O) groups is 4. The summed E-state index contributed by atoms with van der Waals surface area (Å²) in [6.45, 7) is 31.0. The van der Waals surface area contributed by atoms with E-state index in [1.54, 1.807) is 83.5 Å². The van der Waals surface area contributed by atoms with Crippen LogP contribution in [0.1, 0.15) is 184 Å². The van der Waals surface area contributed by atoms with Crippen LogP contribution in [0, 0.1) is 83.9 Å². The standard InChI is InChI=1S/2C13H24O5.C6H14O3.2C5H4.2C3H4.8CH4/c2*1-8-17-10(15)13(7,11(3,4)16)12(5,6)18-9(2)14;1-7-3-5-9-6-4-8-2;2*1-3-5-4-2;2*1-3-2;;;;;;;;/h2*16H,8H2,1-7H3;3-6H2,1-2H3;2*1H,2H3;2*1H,2H3;8*1H4. The molecule has 0 spiro atoms. The van der Waals surface area contributed by atoms with Gasteiger partial charge in [-0.3, -0.25) is 19.2 Å². The molecule has 0 rings (SSSR count). The van der Waals surface area contributed by atoms with E-state index >= 15 is 0 Å². The number of ether oxygens (including phenoxy) is 7. The van der Waals surface area contributed by atoms with E-state index in [1.807, 2.05) is 0 Å². The largest absolute Gasteiger partial charge is 0.465 e. The minimum atomic E-state index is -1.40. The Kier molecular flexibility index (Phi) is 90.7. The summed E-state index contributed by atoms with van der Waals surface area (Å²) in [5, 5.41) is 20.6. The van der Waals surface area contributed by atoms with Gasteiger partial charge in [0.1, 0.15) is 22.0 Å². The molecule has 0 aliphatic heterocycles. The lowest BCUT2D eigenvalue weighted by Gasteiger charge is -2.47. The predicted molar refractivity (Wildman–Crippen MR) is 296 cm³/mol. The Morgan fingerprint density at radius 1 is 0.478 bits per heavy atom. The van der Waals surface area contributed by atoms with Gasteiger partial charge in [-0.2, -0.15) is 0 Å². The number of methoxy groups -OCH3 is 2. The SMILES string of the molecule is C.C.C.C.C.C.C.C.C#CC.C#CC.C#CC#CC.C#CC#CC.CCOC(=O)C(C)(C(C)(C)O)C(C)(C)OC(C)=O.CCOC(=O)C(C)(C(C)(C)O)C(C)(C)OC(C)=O.COCCOCCOC. The first-order chi connectivity index (χ1) is 27.9. The van der Waals surface area contributed by atoms with Crippen molar-refractivity contribution in [2.75, 3.05) is 53.9 Å². The normalized spacial score (nSPS) is 10.2. The third-order valence-electron chi connectivity index (χ3n) is 8.28. The molecule has 0 saturated carbocycles. The molecule has 0 saturated heterocycles. The summed E-state index contributed by atoms with van der Waals surface area (Å²) in [5.41, 5.74) is -7.94. The van der Waals surface area contributed by atoms with Crippen molar-refractivity contribution in [1.29, 1.82) is 0 Å². The van der Waals surface area contributed by atoms with Gasteiger partial charge in [0.2, 0.25) is 0 Å². The average molecular weight is 991 g/mol. The van der Waals surface area contributed by atoms with Gasteiger partial charge < -0.3 is 43.4 Å². The summed E-state index contributed by atoms with van der Waals surface area (Å²) in [4.78, 5) is 46.6. The summed E-state index contributed by atoms with van der Waals surface area (Å²) in [7, 11) is 3.30. The number of carbonyl (C=O) groups excluding carboxylic acids is 4. The van der Waals surface area contributed by atoms with E-state index in [0.29, 0.717) is 26.4 Å². The number of hydrogen-bond acceptors (Lipinski definition) is 13. The molecule has 412 valence electrons. The number of rotatable bonds is 16. The molecule has 0 aromatic rings. The Bertz CT molecular complexity index is 1400. The topological polar surface area (TPSA) is 173 Å². The first kappa shape index (κ1) is 106. The Labute approximate surface area is 429 Å². The van der Waals surface area contributed by atoms with Crippen LogP contribution in [0.2, 0.25) is 0 Å². The van der Waals surface area contributed by atoms with E-state index in [4.69, 9.17) is 46.0 Å². The molecular formula is C56H110O13. The summed E-state index contributed by atoms with van der Waals surface area (Å²) in [5.74, 6) is 16.4. The fraction of sp³-hybridized carbons (Fsp3) is 0.714. The van der Waals surface area contributed by atoms with Crippen LogP contribution in [-0.2, 0) is 52.3 Å². The van der Waals surface area contributed by atoms with Crippen LogP contribution in [0.5, 0.6) is 0 Å². The Hall–Kier alpha value is -4.96. The molecule has 0 aliphatic rings. The Morgan fingerprint density at radius 3 is 0.812 bits per heavy atom. The molecule has 2 unspecified atom stereocenters. The van der Waals surface area contributed by atoms with Gasteiger partial charge in [0.25, 0.3) is 0 Å². The second-order valence-electron chi connectivity index (χ2n) is 14.2. The number of terminal acetylenes is 4. The molecule has 0 heterocycles. The first-order valence-corrected chi connectivity index (χ1v) is 19.1. The van der Waals surface area contributed by atoms with E-state index in [2.05, 4.69) is 60.2 Å². The van der Waals surface area contributed by atoms with Crippen LogP contribution >= 0.6 is 0 Å². The third-order valence-corrected chi connectivity index (χ3v) is 8.28. The average Bonchev–Trinajstić information content (AvgIpc) is 3.11. The van der Waals surface area contributed by atoms with Crippen LogP contribution in [-0.4, -0.2) is 110 Å². The molecule has 0 bridgehead atoms. The maximum Gasteiger partial charge on any atom is 0.318 e. The summed E-state index contributed by atoms with van der Waals surface area (Å²) >= 11 is 0. The van der Waals surface area contributed by atoms with Gasteiger partial charge in [-0.25, -0.2) is 0 Å². The molecule has 13 nitrogen and oxygen atoms in total. The van der Waals surface area contributed by atoms with Crippen LogP contribution in [0.3, 0.4) is 0 Å². The number of esters is 4. The molecule has 2 atom stereocenters. The van der Waals surface area contributed by atoms with E-state index in [-0.39, 0.29) is 72.6 Å². The molecule has 0 amide bonds. The van der Waals surface area contributed by atoms with Gasteiger partial charge in [-0.1, -0.05) is 71.3 Å². The predicted octanol–water partition coefficient (Wildman–Crippen LogP) is 11.3. The highest BCUT2D eigenvalue weighted by Crippen LogP contribution is 2.45. The lowest BCUT2D eigenvalue weighted by Crippen LogP contribution is -2.61. The second kappa shape index (κ2) is 59.2. The second-order valence-corrected chi connectivity index (χ2v) is 14.2. The Balaban J connectivity index is -0.0000000409. The van der Waals surface area contributed by atoms with Crippen molar-refractivity contribution >= 4 is 23.9 Å². The molecule has 0 radical (unpaired) electrons. The van der Waals surface area contributed by atoms with Crippen molar-refractivity contribution in [1.82, 2.24) is 0 Å². The highest BCUT2D eigenvalue weighted by Gasteiger charge is 2.61. The van der Waals surface area contributed by atoms with E-state index in [1.165, 1.54) is 55.4 Å². The summed E-state index contributed by atoms with van der Waals surface area (Å²) in [6, 6.07) is 0. The van der Waals surface area contributed by atoms with Crippen LogP contribution in [0.4, 0.5) is 0 Å². The van der Waals surface area contributed by atoms with E-state index in [0.717, 1.165) is 0 Å². The van der Waals surface area contributed by atoms with Crippen molar-refractivity contribution < 1.29 is 62.5 Å². The molecule has 0 aliphatic carbocycles. The fourth-order valence-electron chi connectivity index (χ4n) is 4.47. The van der Waals surface area contributed by atoms with Gasteiger partial charge >= 0.3 is 23.9 Å². The van der Waals surface area contributed by atoms with Gasteiger partial charge in [-0.15, -0.1) is 37.5 Å². The van der Waals surface area contributed by atoms with Crippen molar-refractivity contribution in [2.24, 2.45) is 10.8 Å². The first-order valence-electron chi connectivity index (χ1n) is 19.1. The monoisotopic (exact) mass is 991 g/mol.